The topological polar surface area (TPSA) is 52.8 Å². The maximum atomic E-state index is 12.8. The monoisotopic (exact) mass is 426 g/mol. The molecule has 0 spiro atoms. The largest absolute Gasteiger partial charge is 0.472 e. The predicted molar refractivity (Wildman–Crippen MR) is 100 cm³/mol. The Morgan fingerprint density at radius 1 is 1.14 bits per heavy atom. The van der Waals surface area contributed by atoms with Crippen LogP contribution in [0.1, 0.15) is 22.5 Å². The fourth-order valence-corrected chi connectivity index (χ4v) is 4.09. The van der Waals surface area contributed by atoms with E-state index in [0.717, 1.165) is 34.5 Å². The molecule has 0 saturated carbocycles. The highest BCUT2D eigenvalue weighted by Crippen LogP contribution is 2.35. The van der Waals surface area contributed by atoms with E-state index in [-0.39, 0.29) is 17.7 Å². The summed E-state index contributed by atoms with van der Waals surface area (Å²) in [4.78, 5) is 12.1. The van der Waals surface area contributed by atoms with Crippen LogP contribution in [-0.2, 0) is 31.3 Å². The molecule has 0 saturated heterocycles. The van der Waals surface area contributed by atoms with Gasteiger partial charge >= 0.3 is 6.18 Å². The van der Waals surface area contributed by atoms with Crippen LogP contribution in [0.25, 0.3) is 11.4 Å². The van der Waals surface area contributed by atoms with Crippen molar-refractivity contribution in [3.05, 3.63) is 58.3 Å². The van der Waals surface area contributed by atoms with Gasteiger partial charge in [0, 0.05) is 35.9 Å². The summed E-state index contributed by atoms with van der Waals surface area (Å²) in [5.74, 6) is 2.29. The normalized spacial score (nSPS) is 13.6. The zero-order valence-corrected chi connectivity index (χ0v) is 16.2. The Balaban J connectivity index is 1.50. The van der Waals surface area contributed by atoms with Gasteiger partial charge in [-0.2, -0.15) is 29.9 Å². The predicted octanol–water partition coefficient (Wildman–Crippen LogP) is 4.88. The van der Waals surface area contributed by atoms with Crippen molar-refractivity contribution in [1.29, 1.82) is 0 Å². The summed E-state index contributed by atoms with van der Waals surface area (Å²) in [6, 6.07) is 7.01. The summed E-state index contributed by atoms with van der Waals surface area (Å²) in [6.07, 6.45) is -3.50. The van der Waals surface area contributed by atoms with Gasteiger partial charge in [0.2, 0.25) is 11.2 Å². The standard InChI is InChI=1S/C18H14ClF3N4OS/c1-26-6-14(18(20,21)22)24-15(26)11-4-2-10(3-5-11)7-27-16-12-8-28-9-13(12)23-17(19)25-16/h2-6H,7-9H2,1H3. The molecule has 1 aliphatic rings. The molecule has 146 valence electrons. The summed E-state index contributed by atoms with van der Waals surface area (Å²) in [5, 5.41) is 0.154. The second-order valence-corrected chi connectivity index (χ2v) is 7.58. The molecular weight excluding hydrogens is 413 g/mol. The van der Waals surface area contributed by atoms with Crippen molar-refractivity contribution in [2.24, 2.45) is 7.05 Å². The van der Waals surface area contributed by atoms with E-state index in [1.165, 1.54) is 11.6 Å². The fraction of sp³-hybridized carbons (Fsp3) is 0.278. The third kappa shape index (κ3) is 3.81. The molecule has 2 aromatic heterocycles. The van der Waals surface area contributed by atoms with Crippen LogP contribution in [0.3, 0.4) is 0 Å². The molecule has 0 fully saturated rings. The zero-order chi connectivity index (χ0) is 19.9. The first-order chi connectivity index (χ1) is 13.3. The maximum Gasteiger partial charge on any atom is 0.434 e. The van der Waals surface area contributed by atoms with Crippen LogP contribution in [0.4, 0.5) is 13.2 Å². The van der Waals surface area contributed by atoms with Crippen molar-refractivity contribution in [1.82, 2.24) is 19.5 Å². The van der Waals surface area contributed by atoms with Gasteiger partial charge in [-0.15, -0.1) is 0 Å². The summed E-state index contributed by atoms with van der Waals surface area (Å²) >= 11 is 7.67. The molecule has 1 aliphatic heterocycles. The smallest absolute Gasteiger partial charge is 0.434 e. The van der Waals surface area contributed by atoms with E-state index < -0.39 is 11.9 Å². The molecule has 0 bridgehead atoms. The third-order valence-corrected chi connectivity index (χ3v) is 5.41. The van der Waals surface area contributed by atoms with E-state index in [4.69, 9.17) is 16.3 Å². The Morgan fingerprint density at radius 2 is 1.89 bits per heavy atom. The molecule has 3 heterocycles. The molecule has 5 nitrogen and oxygen atoms in total. The molecule has 1 aromatic carbocycles. The highest BCUT2D eigenvalue weighted by atomic mass is 35.5. The Morgan fingerprint density at radius 3 is 2.57 bits per heavy atom. The minimum Gasteiger partial charge on any atom is -0.472 e. The van der Waals surface area contributed by atoms with Gasteiger partial charge < -0.3 is 9.30 Å². The third-order valence-electron chi connectivity index (χ3n) is 4.27. The van der Waals surface area contributed by atoms with Gasteiger partial charge in [0.1, 0.15) is 12.4 Å². The van der Waals surface area contributed by atoms with Gasteiger partial charge in [-0.1, -0.05) is 24.3 Å². The number of halogens is 4. The Hall–Kier alpha value is -2.26. The summed E-state index contributed by atoms with van der Waals surface area (Å²) in [6.45, 7) is 0.263. The van der Waals surface area contributed by atoms with Crippen molar-refractivity contribution in [3.8, 4) is 17.3 Å². The van der Waals surface area contributed by atoms with E-state index >= 15 is 0 Å². The van der Waals surface area contributed by atoms with Crippen molar-refractivity contribution in [2.45, 2.75) is 24.3 Å². The van der Waals surface area contributed by atoms with Crippen LogP contribution in [0.5, 0.6) is 5.88 Å². The van der Waals surface area contributed by atoms with E-state index in [1.807, 2.05) is 0 Å². The number of nitrogens with zero attached hydrogens (tertiary/aromatic N) is 4. The average Bonchev–Trinajstić information content (AvgIpc) is 3.26. The molecule has 0 aliphatic carbocycles. The molecule has 0 unspecified atom stereocenters. The highest BCUT2D eigenvalue weighted by molar-refractivity contribution is 7.98. The molecule has 3 aromatic rings. The van der Waals surface area contributed by atoms with Gasteiger partial charge in [0.05, 0.1) is 5.69 Å². The minimum atomic E-state index is -4.47. The van der Waals surface area contributed by atoms with Gasteiger partial charge in [-0.05, 0) is 17.2 Å². The number of benzene rings is 1. The van der Waals surface area contributed by atoms with Crippen LogP contribution in [0.15, 0.2) is 30.5 Å². The summed E-state index contributed by atoms with van der Waals surface area (Å²) in [5.41, 5.74) is 2.38. The van der Waals surface area contributed by atoms with Crippen molar-refractivity contribution in [3.63, 3.8) is 0 Å². The Kier molecular flexibility index (Phi) is 4.96. The molecule has 10 heteroatoms. The van der Waals surface area contributed by atoms with Gasteiger partial charge in [0.15, 0.2) is 5.69 Å². The fourth-order valence-electron chi connectivity index (χ4n) is 2.89. The van der Waals surface area contributed by atoms with E-state index in [2.05, 4.69) is 15.0 Å². The Labute approximate surface area is 167 Å². The molecule has 0 atom stereocenters. The maximum absolute atomic E-state index is 12.8. The average molecular weight is 427 g/mol. The summed E-state index contributed by atoms with van der Waals surface area (Å²) in [7, 11) is 1.53. The molecule has 0 amide bonds. The highest BCUT2D eigenvalue weighted by Gasteiger charge is 2.34. The van der Waals surface area contributed by atoms with Crippen molar-refractivity contribution in [2.75, 3.05) is 0 Å². The molecular formula is C18H14ClF3N4OS. The number of aromatic nitrogens is 4. The number of hydrogen-bond donors (Lipinski definition) is 0. The van der Waals surface area contributed by atoms with Crippen LogP contribution in [0.2, 0.25) is 5.28 Å². The Bertz CT molecular complexity index is 1020. The first-order valence-corrected chi connectivity index (χ1v) is 9.80. The van der Waals surface area contributed by atoms with E-state index in [9.17, 15) is 13.2 Å². The zero-order valence-electron chi connectivity index (χ0n) is 14.6. The number of rotatable bonds is 4. The van der Waals surface area contributed by atoms with Gasteiger partial charge in [-0.25, -0.2) is 9.97 Å². The van der Waals surface area contributed by atoms with E-state index in [0.29, 0.717) is 11.4 Å². The lowest BCUT2D eigenvalue weighted by molar-refractivity contribution is -0.140. The summed E-state index contributed by atoms with van der Waals surface area (Å²) < 4.78 is 45.7. The lowest BCUT2D eigenvalue weighted by Crippen LogP contribution is -2.04. The van der Waals surface area contributed by atoms with Crippen LogP contribution >= 0.6 is 23.4 Å². The number of fused-ring (bicyclic) bond motifs is 1. The molecule has 4 rings (SSSR count). The second-order valence-electron chi connectivity index (χ2n) is 6.26. The van der Waals surface area contributed by atoms with Crippen LogP contribution < -0.4 is 4.74 Å². The second kappa shape index (κ2) is 7.29. The first-order valence-electron chi connectivity index (χ1n) is 8.27. The van der Waals surface area contributed by atoms with Crippen molar-refractivity contribution < 1.29 is 17.9 Å². The van der Waals surface area contributed by atoms with Gasteiger partial charge in [0.25, 0.3) is 0 Å². The molecule has 0 N–H and O–H groups in total. The lowest BCUT2D eigenvalue weighted by atomic mass is 10.1. The molecule has 28 heavy (non-hydrogen) atoms. The van der Waals surface area contributed by atoms with Crippen LogP contribution in [0, 0.1) is 0 Å². The minimum absolute atomic E-state index is 0.154. The SMILES string of the molecule is Cn1cc(C(F)(F)F)nc1-c1ccc(COc2nc(Cl)nc3c2CSC3)cc1. The lowest BCUT2D eigenvalue weighted by Gasteiger charge is -2.10. The quantitative estimate of drug-likeness (QED) is 0.557. The number of hydrogen-bond acceptors (Lipinski definition) is 5. The molecule has 0 radical (unpaired) electrons. The number of thioether (sulfide) groups is 1. The number of aryl methyl sites for hydroxylation is 1. The number of imidazole rings is 1. The number of alkyl halides is 3. The van der Waals surface area contributed by atoms with Crippen molar-refractivity contribution >= 4 is 23.4 Å². The first kappa shape index (κ1) is 19.1. The van der Waals surface area contributed by atoms with Crippen LogP contribution in [-0.4, -0.2) is 19.5 Å². The van der Waals surface area contributed by atoms with E-state index in [1.54, 1.807) is 36.0 Å². The number of ether oxygens (including phenoxy) is 1. The van der Waals surface area contributed by atoms with Gasteiger partial charge in [-0.3, -0.25) is 0 Å².